The third-order valence-electron chi connectivity index (χ3n) is 3.24. The molecule has 0 unspecified atom stereocenters. The molecule has 0 saturated heterocycles. The van der Waals surface area contributed by atoms with E-state index in [9.17, 15) is 0 Å². The summed E-state index contributed by atoms with van der Waals surface area (Å²) in [7, 11) is 1.97. The fourth-order valence-corrected chi connectivity index (χ4v) is 2.29. The maximum atomic E-state index is 4.43. The van der Waals surface area contributed by atoms with Gasteiger partial charge in [-0.1, -0.05) is 6.42 Å². The highest BCUT2D eigenvalue weighted by Crippen LogP contribution is 2.21. The number of aryl methyl sites for hydroxylation is 1. The van der Waals surface area contributed by atoms with Gasteiger partial charge in [-0.15, -0.1) is 0 Å². The van der Waals surface area contributed by atoms with E-state index in [1.807, 2.05) is 7.05 Å². The van der Waals surface area contributed by atoms with Crippen molar-refractivity contribution in [1.82, 2.24) is 20.8 Å². The molecule has 0 fully saturated rings. The van der Waals surface area contributed by atoms with Crippen LogP contribution in [0, 0.1) is 0 Å². The van der Waals surface area contributed by atoms with Gasteiger partial charge in [0.15, 0.2) is 0 Å². The molecule has 16 heavy (non-hydrogen) atoms. The highest BCUT2D eigenvalue weighted by atomic mass is 15.1. The Hall–Kier alpha value is -0.870. The average Bonchev–Trinajstić information content (AvgIpc) is 2.54. The Kier molecular flexibility index (Phi) is 4.36. The number of rotatable bonds is 5. The topological polar surface area (TPSA) is 52.7 Å². The first-order chi connectivity index (χ1) is 7.92. The molecule has 0 amide bonds. The number of nitrogens with one attached hydrogen (secondary N) is 3. The lowest BCUT2D eigenvalue weighted by Gasteiger charge is -2.04. The zero-order valence-corrected chi connectivity index (χ0v) is 10.1. The summed E-state index contributed by atoms with van der Waals surface area (Å²) < 4.78 is 0. The largest absolute Gasteiger partial charge is 0.318 e. The van der Waals surface area contributed by atoms with Gasteiger partial charge in [0.25, 0.3) is 0 Å². The van der Waals surface area contributed by atoms with Crippen molar-refractivity contribution in [3.63, 3.8) is 0 Å². The lowest BCUT2D eigenvalue weighted by Crippen LogP contribution is -2.24. The summed E-state index contributed by atoms with van der Waals surface area (Å²) in [5.41, 5.74) is 4.09. The summed E-state index contributed by atoms with van der Waals surface area (Å²) in [6.07, 6.45) is 6.36. The molecule has 3 N–H and O–H groups in total. The lowest BCUT2D eigenvalue weighted by molar-refractivity contribution is 0.634. The van der Waals surface area contributed by atoms with Crippen LogP contribution in [0.5, 0.6) is 0 Å². The van der Waals surface area contributed by atoms with Crippen LogP contribution in [0.15, 0.2) is 0 Å². The van der Waals surface area contributed by atoms with Crippen LogP contribution in [-0.4, -0.2) is 30.3 Å². The second-order valence-corrected chi connectivity index (χ2v) is 4.47. The minimum Gasteiger partial charge on any atom is -0.318 e. The van der Waals surface area contributed by atoms with Crippen LogP contribution in [0.4, 0.5) is 0 Å². The third-order valence-corrected chi connectivity index (χ3v) is 3.24. The van der Waals surface area contributed by atoms with Crippen LogP contribution < -0.4 is 10.6 Å². The smallest absolute Gasteiger partial charge is 0.0794 e. The molecule has 0 spiro atoms. The maximum Gasteiger partial charge on any atom is 0.0794 e. The number of hydrogen-bond donors (Lipinski definition) is 3. The summed E-state index contributed by atoms with van der Waals surface area (Å²) in [5, 5.41) is 14.2. The standard InChI is InChI=1S/C12H22N4/c1-13-7-8-14-9-12-10-5-3-2-4-6-11(10)15-16-12/h13-14H,2-9H2,1H3,(H,15,16). The molecule has 1 aliphatic carbocycles. The molecular weight excluding hydrogens is 200 g/mol. The van der Waals surface area contributed by atoms with E-state index in [1.54, 1.807) is 0 Å². The third kappa shape index (κ3) is 2.83. The van der Waals surface area contributed by atoms with Gasteiger partial charge in [-0.05, 0) is 38.3 Å². The van der Waals surface area contributed by atoms with Crippen LogP contribution in [-0.2, 0) is 19.4 Å². The van der Waals surface area contributed by atoms with Gasteiger partial charge in [0.1, 0.15) is 0 Å². The van der Waals surface area contributed by atoms with Crippen molar-refractivity contribution < 1.29 is 0 Å². The van der Waals surface area contributed by atoms with E-state index in [-0.39, 0.29) is 0 Å². The number of aromatic nitrogens is 2. The van der Waals surface area contributed by atoms with Crippen LogP contribution in [0.1, 0.15) is 36.2 Å². The Morgan fingerprint density at radius 2 is 2.06 bits per heavy atom. The van der Waals surface area contributed by atoms with Crippen LogP contribution in [0.3, 0.4) is 0 Å². The Morgan fingerprint density at radius 1 is 1.19 bits per heavy atom. The van der Waals surface area contributed by atoms with Crippen molar-refractivity contribution in [1.29, 1.82) is 0 Å². The van der Waals surface area contributed by atoms with E-state index in [0.717, 1.165) is 19.6 Å². The molecule has 0 atom stereocenters. The highest BCUT2D eigenvalue weighted by Gasteiger charge is 2.14. The Morgan fingerprint density at radius 3 is 2.94 bits per heavy atom. The SMILES string of the molecule is CNCCNCc1n[nH]c2c1CCCCC2. The summed E-state index contributed by atoms with van der Waals surface area (Å²) in [4.78, 5) is 0. The molecule has 0 aromatic carbocycles. The number of fused-ring (bicyclic) bond motifs is 1. The van der Waals surface area contributed by atoms with Gasteiger partial charge in [-0.2, -0.15) is 5.10 Å². The summed E-state index contributed by atoms with van der Waals surface area (Å²) in [6, 6.07) is 0. The van der Waals surface area contributed by atoms with Gasteiger partial charge in [0, 0.05) is 25.3 Å². The first kappa shape index (κ1) is 11.6. The molecule has 0 aliphatic heterocycles. The van der Waals surface area contributed by atoms with E-state index in [1.165, 1.54) is 49.1 Å². The number of hydrogen-bond acceptors (Lipinski definition) is 3. The fraction of sp³-hybridized carbons (Fsp3) is 0.750. The Balaban J connectivity index is 1.91. The van der Waals surface area contributed by atoms with Gasteiger partial charge in [0.05, 0.1) is 5.69 Å². The molecule has 0 radical (unpaired) electrons. The minimum absolute atomic E-state index is 0.896. The Labute approximate surface area is 97.2 Å². The van der Waals surface area contributed by atoms with Gasteiger partial charge in [-0.25, -0.2) is 0 Å². The summed E-state index contributed by atoms with van der Waals surface area (Å²) in [6.45, 7) is 2.90. The second kappa shape index (κ2) is 6.01. The van der Waals surface area contributed by atoms with Crippen molar-refractivity contribution >= 4 is 0 Å². The number of H-pyrrole nitrogens is 1. The van der Waals surface area contributed by atoms with Gasteiger partial charge >= 0.3 is 0 Å². The van der Waals surface area contributed by atoms with Gasteiger partial charge < -0.3 is 10.6 Å². The van der Waals surface area contributed by atoms with Crippen molar-refractivity contribution in [2.45, 2.75) is 38.6 Å². The maximum absolute atomic E-state index is 4.43. The Bertz CT molecular complexity index is 319. The highest BCUT2D eigenvalue weighted by molar-refractivity contribution is 5.26. The predicted molar refractivity (Wildman–Crippen MR) is 65.5 cm³/mol. The van der Waals surface area contributed by atoms with Crippen molar-refractivity contribution in [3.05, 3.63) is 17.0 Å². The molecule has 1 aliphatic rings. The molecule has 2 rings (SSSR count). The minimum atomic E-state index is 0.896. The molecule has 90 valence electrons. The zero-order chi connectivity index (χ0) is 11.2. The van der Waals surface area contributed by atoms with Crippen LogP contribution in [0.2, 0.25) is 0 Å². The van der Waals surface area contributed by atoms with E-state index in [4.69, 9.17) is 0 Å². The quantitative estimate of drug-likeness (QED) is 0.514. The monoisotopic (exact) mass is 222 g/mol. The number of likely N-dealkylation sites (N-methyl/N-ethyl adjacent to an activating group) is 1. The predicted octanol–water partition coefficient (Wildman–Crippen LogP) is 0.988. The van der Waals surface area contributed by atoms with E-state index < -0.39 is 0 Å². The molecule has 4 nitrogen and oxygen atoms in total. The molecule has 1 aromatic heterocycles. The molecule has 1 aromatic rings. The molecule has 0 saturated carbocycles. The lowest BCUT2D eigenvalue weighted by atomic mass is 10.1. The average molecular weight is 222 g/mol. The molecule has 0 bridgehead atoms. The van der Waals surface area contributed by atoms with E-state index >= 15 is 0 Å². The van der Waals surface area contributed by atoms with Crippen LogP contribution >= 0.6 is 0 Å². The fourth-order valence-electron chi connectivity index (χ4n) is 2.29. The second-order valence-electron chi connectivity index (χ2n) is 4.47. The summed E-state index contributed by atoms with van der Waals surface area (Å²) in [5.74, 6) is 0. The van der Waals surface area contributed by atoms with Gasteiger partial charge in [-0.3, -0.25) is 5.10 Å². The molecule has 1 heterocycles. The van der Waals surface area contributed by atoms with Gasteiger partial charge in [0.2, 0.25) is 0 Å². The van der Waals surface area contributed by atoms with Crippen molar-refractivity contribution in [2.75, 3.05) is 20.1 Å². The normalized spacial score (nSPS) is 15.8. The van der Waals surface area contributed by atoms with Crippen molar-refractivity contribution in [3.8, 4) is 0 Å². The summed E-state index contributed by atoms with van der Waals surface area (Å²) >= 11 is 0. The molecule has 4 heteroatoms. The van der Waals surface area contributed by atoms with E-state index in [0.29, 0.717) is 0 Å². The molecular formula is C12H22N4. The zero-order valence-electron chi connectivity index (χ0n) is 10.1. The van der Waals surface area contributed by atoms with Crippen molar-refractivity contribution in [2.24, 2.45) is 0 Å². The van der Waals surface area contributed by atoms with E-state index in [2.05, 4.69) is 20.8 Å². The van der Waals surface area contributed by atoms with Crippen LogP contribution in [0.25, 0.3) is 0 Å². The first-order valence-electron chi connectivity index (χ1n) is 6.32. The first-order valence-corrected chi connectivity index (χ1v) is 6.32. The number of aromatic amines is 1. The number of nitrogens with zero attached hydrogens (tertiary/aromatic N) is 1.